The van der Waals surface area contributed by atoms with Gasteiger partial charge in [0, 0.05) is 18.0 Å². The van der Waals surface area contributed by atoms with E-state index in [1.165, 1.54) is 4.90 Å². The zero-order valence-electron chi connectivity index (χ0n) is 22.7. The standard InChI is InChI=1S/C33H25N3O5S/c1-35-29-11-7-6-10-26(29)27(32(35)41-25-18-16-22(39-2)17-19-25)20-28-30(37)34-33(42)36(31(28)38)21-12-14-24(15-13-21)40-23-8-4-3-5-9-23/h3-20H,1-2H3,(H,34,37,42). The summed E-state index contributed by atoms with van der Waals surface area (Å²) in [5.74, 6) is 1.88. The van der Waals surface area contributed by atoms with Gasteiger partial charge in [0.15, 0.2) is 5.11 Å². The normalized spacial score (nSPS) is 14.3. The summed E-state index contributed by atoms with van der Waals surface area (Å²) in [7, 11) is 3.46. The second kappa shape index (κ2) is 11.2. The Labute approximate surface area is 247 Å². The summed E-state index contributed by atoms with van der Waals surface area (Å²) in [5, 5.41) is 3.47. The molecule has 5 aromatic rings. The molecule has 0 bridgehead atoms. The number of rotatable bonds is 7. The molecule has 0 atom stereocenters. The molecule has 1 fully saturated rings. The van der Waals surface area contributed by atoms with Crippen LogP contribution in [0.1, 0.15) is 5.56 Å². The molecule has 1 saturated heterocycles. The van der Waals surface area contributed by atoms with Crippen molar-refractivity contribution >= 4 is 51.8 Å². The molecule has 9 heteroatoms. The molecule has 1 aliphatic rings. The quantitative estimate of drug-likeness (QED) is 0.134. The predicted molar refractivity (Wildman–Crippen MR) is 165 cm³/mol. The minimum atomic E-state index is -0.589. The van der Waals surface area contributed by atoms with Gasteiger partial charge in [0.25, 0.3) is 11.8 Å². The van der Waals surface area contributed by atoms with Crippen LogP contribution in [0.2, 0.25) is 0 Å². The van der Waals surface area contributed by atoms with Crippen LogP contribution in [-0.4, -0.2) is 28.6 Å². The Morgan fingerprint density at radius 3 is 2.05 bits per heavy atom. The Morgan fingerprint density at radius 1 is 0.738 bits per heavy atom. The van der Waals surface area contributed by atoms with Crippen molar-refractivity contribution in [3.63, 3.8) is 0 Å². The number of carbonyl (C=O) groups is 2. The molecule has 2 heterocycles. The van der Waals surface area contributed by atoms with E-state index < -0.39 is 11.8 Å². The lowest BCUT2D eigenvalue weighted by atomic mass is 10.1. The maximum atomic E-state index is 13.8. The summed E-state index contributed by atoms with van der Waals surface area (Å²) >= 11 is 5.41. The molecule has 208 valence electrons. The zero-order chi connectivity index (χ0) is 29.2. The van der Waals surface area contributed by atoms with E-state index in [2.05, 4.69) is 5.32 Å². The number of fused-ring (bicyclic) bond motifs is 1. The number of methoxy groups -OCH3 is 1. The highest BCUT2D eigenvalue weighted by Gasteiger charge is 2.35. The number of ether oxygens (including phenoxy) is 3. The number of hydrogen-bond acceptors (Lipinski definition) is 6. The third-order valence-electron chi connectivity index (χ3n) is 6.83. The van der Waals surface area contributed by atoms with E-state index >= 15 is 0 Å². The monoisotopic (exact) mass is 575 g/mol. The van der Waals surface area contributed by atoms with Crippen LogP contribution in [0.3, 0.4) is 0 Å². The SMILES string of the molecule is COc1ccc(Oc2c(C=C3C(=O)NC(=S)N(c4ccc(Oc5ccccc5)cc4)C3=O)c3ccccc3n2C)cc1. The second-order valence-corrected chi connectivity index (χ2v) is 9.83. The van der Waals surface area contributed by atoms with Crippen LogP contribution >= 0.6 is 12.2 Å². The van der Waals surface area contributed by atoms with Crippen LogP contribution in [0, 0.1) is 0 Å². The summed E-state index contributed by atoms with van der Waals surface area (Å²) in [6.45, 7) is 0. The van der Waals surface area contributed by atoms with E-state index in [1.807, 2.05) is 66.2 Å². The maximum absolute atomic E-state index is 13.8. The van der Waals surface area contributed by atoms with Crippen LogP contribution in [0.25, 0.3) is 17.0 Å². The van der Waals surface area contributed by atoms with Crippen molar-refractivity contribution in [2.24, 2.45) is 7.05 Å². The molecule has 0 aliphatic carbocycles. The highest BCUT2D eigenvalue weighted by Crippen LogP contribution is 2.37. The van der Waals surface area contributed by atoms with Crippen LogP contribution in [0.4, 0.5) is 5.69 Å². The third kappa shape index (κ3) is 5.09. The van der Waals surface area contributed by atoms with Crippen LogP contribution in [-0.2, 0) is 16.6 Å². The topological polar surface area (TPSA) is 82.0 Å². The summed E-state index contributed by atoms with van der Waals surface area (Å²) in [4.78, 5) is 28.3. The van der Waals surface area contributed by atoms with E-state index in [9.17, 15) is 9.59 Å². The summed E-state index contributed by atoms with van der Waals surface area (Å²) in [6, 6.07) is 31.1. The molecule has 1 aliphatic heterocycles. The van der Waals surface area contributed by atoms with E-state index in [0.29, 0.717) is 40.1 Å². The Hall–Kier alpha value is -5.41. The van der Waals surface area contributed by atoms with Crippen LogP contribution in [0.5, 0.6) is 28.9 Å². The van der Waals surface area contributed by atoms with E-state index in [-0.39, 0.29) is 10.7 Å². The molecular formula is C33H25N3O5S. The van der Waals surface area contributed by atoms with Gasteiger partial charge in [-0.15, -0.1) is 0 Å². The largest absolute Gasteiger partial charge is 0.497 e. The van der Waals surface area contributed by atoms with E-state index in [1.54, 1.807) is 61.7 Å². The maximum Gasteiger partial charge on any atom is 0.270 e. The van der Waals surface area contributed by atoms with Crippen molar-refractivity contribution in [1.82, 2.24) is 9.88 Å². The first-order valence-electron chi connectivity index (χ1n) is 13.1. The molecule has 6 rings (SSSR count). The van der Waals surface area contributed by atoms with Gasteiger partial charge in [-0.05, 0) is 85.0 Å². The first-order valence-corrected chi connectivity index (χ1v) is 13.5. The van der Waals surface area contributed by atoms with Crippen LogP contribution in [0.15, 0.2) is 109 Å². The number of aryl methyl sites for hydroxylation is 1. The Kier molecular flexibility index (Phi) is 7.16. The van der Waals surface area contributed by atoms with Gasteiger partial charge in [0.2, 0.25) is 5.88 Å². The van der Waals surface area contributed by atoms with E-state index in [0.717, 1.165) is 10.9 Å². The van der Waals surface area contributed by atoms with Gasteiger partial charge in [-0.25, -0.2) is 0 Å². The minimum absolute atomic E-state index is 0.00787. The van der Waals surface area contributed by atoms with Gasteiger partial charge in [0.1, 0.15) is 28.6 Å². The van der Waals surface area contributed by atoms with Crippen LogP contribution < -0.4 is 24.4 Å². The van der Waals surface area contributed by atoms with Gasteiger partial charge in [0.05, 0.1) is 18.3 Å². The van der Waals surface area contributed by atoms with Crippen molar-refractivity contribution in [2.45, 2.75) is 0 Å². The molecule has 0 radical (unpaired) electrons. The third-order valence-corrected chi connectivity index (χ3v) is 7.11. The Balaban J connectivity index is 1.36. The lowest BCUT2D eigenvalue weighted by Crippen LogP contribution is -2.54. The average molecular weight is 576 g/mol. The van der Waals surface area contributed by atoms with Gasteiger partial charge in [-0.3, -0.25) is 19.8 Å². The van der Waals surface area contributed by atoms with Crippen molar-refractivity contribution < 1.29 is 23.8 Å². The second-order valence-electron chi connectivity index (χ2n) is 9.44. The molecular weight excluding hydrogens is 550 g/mol. The van der Waals surface area contributed by atoms with Gasteiger partial charge in [-0.2, -0.15) is 0 Å². The van der Waals surface area contributed by atoms with Crippen molar-refractivity contribution in [3.05, 3.63) is 114 Å². The number of thiocarbonyl (C=S) groups is 1. The molecule has 0 unspecified atom stereocenters. The highest BCUT2D eigenvalue weighted by molar-refractivity contribution is 7.80. The van der Waals surface area contributed by atoms with Gasteiger partial charge in [-0.1, -0.05) is 36.4 Å². The number of nitrogens with one attached hydrogen (secondary N) is 1. The molecule has 0 spiro atoms. The van der Waals surface area contributed by atoms with Crippen molar-refractivity contribution in [2.75, 3.05) is 12.0 Å². The first-order chi connectivity index (χ1) is 20.4. The lowest BCUT2D eigenvalue weighted by molar-refractivity contribution is -0.122. The highest BCUT2D eigenvalue weighted by atomic mass is 32.1. The summed E-state index contributed by atoms with van der Waals surface area (Å²) < 4.78 is 19.3. The number of aromatic nitrogens is 1. The molecule has 4 aromatic carbocycles. The fourth-order valence-electron chi connectivity index (χ4n) is 4.74. The Morgan fingerprint density at radius 2 is 1.33 bits per heavy atom. The van der Waals surface area contributed by atoms with Crippen molar-refractivity contribution in [1.29, 1.82) is 0 Å². The average Bonchev–Trinajstić information content (AvgIpc) is 3.27. The fourth-order valence-corrected chi connectivity index (χ4v) is 5.02. The number of carbonyl (C=O) groups excluding carboxylic acids is 2. The molecule has 0 saturated carbocycles. The number of para-hydroxylation sites is 2. The minimum Gasteiger partial charge on any atom is -0.497 e. The van der Waals surface area contributed by atoms with E-state index in [4.69, 9.17) is 26.4 Å². The fraction of sp³-hybridized carbons (Fsp3) is 0.0606. The molecule has 42 heavy (non-hydrogen) atoms. The molecule has 1 aromatic heterocycles. The lowest BCUT2D eigenvalue weighted by Gasteiger charge is -2.29. The van der Waals surface area contributed by atoms with Gasteiger partial charge < -0.3 is 18.8 Å². The number of amides is 2. The zero-order valence-corrected chi connectivity index (χ0v) is 23.6. The predicted octanol–water partition coefficient (Wildman–Crippen LogP) is 6.60. The number of anilines is 1. The van der Waals surface area contributed by atoms with Gasteiger partial charge >= 0.3 is 0 Å². The first kappa shape index (κ1) is 26.8. The molecule has 2 amide bonds. The molecule has 1 N–H and O–H groups in total. The summed E-state index contributed by atoms with van der Waals surface area (Å²) in [6.07, 6.45) is 1.56. The molecule has 8 nitrogen and oxygen atoms in total. The Bertz CT molecular complexity index is 1850. The summed E-state index contributed by atoms with van der Waals surface area (Å²) in [5.41, 5.74) is 1.87. The number of benzene rings is 4. The number of hydrogen-bond donors (Lipinski definition) is 1. The number of nitrogens with zero attached hydrogens (tertiary/aromatic N) is 2. The van der Waals surface area contributed by atoms with Crippen molar-refractivity contribution in [3.8, 4) is 28.9 Å². The smallest absolute Gasteiger partial charge is 0.270 e.